The van der Waals surface area contributed by atoms with E-state index < -0.39 is 11.4 Å². The zero-order valence-electron chi connectivity index (χ0n) is 24.5. The lowest BCUT2D eigenvalue weighted by molar-refractivity contribution is -0.122. The second-order valence-corrected chi connectivity index (χ2v) is 11.5. The number of rotatable bonds is 12. The molecular formula is C34H37N7O2. The van der Waals surface area contributed by atoms with Crippen LogP contribution in [0, 0.1) is 0 Å². The summed E-state index contributed by atoms with van der Waals surface area (Å²) >= 11 is 0. The summed E-state index contributed by atoms with van der Waals surface area (Å²) in [6.07, 6.45) is 6.51. The first-order chi connectivity index (χ1) is 20.8. The highest BCUT2D eigenvalue weighted by Crippen LogP contribution is 2.32. The van der Waals surface area contributed by atoms with Gasteiger partial charge in [-0.15, -0.1) is 10.2 Å². The molecule has 6 aromatic rings. The highest BCUT2D eigenvalue weighted by molar-refractivity contribution is 5.85. The standard InChI is InChI=1S/C34H37N7O2/c1-34(36,33(35)42)18-24(17-25-20-38-30-13-6-4-11-28(25)30)32-40-39-31(41(32)21-22-8-7-9-26(16-22)43-2)15-14-23-19-37-29-12-5-3-10-27(23)29/h3-13,16,19-20,24,37-38H,14-15,17-18,21,36H2,1-2H3,(H2,35,42). The zero-order chi connectivity index (χ0) is 30.0. The number of ether oxygens (including phenoxy) is 1. The first kappa shape index (κ1) is 28.2. The molecule has 0 aliphatic heterocycles. The highest BCUT2D eigenvalue weighted by Gasteiger charge is 2.34. The van der Waals surface area contributed by atoms with Gasteiger partial charge in [-0.3, -0.25) is 4.79 Å². The second kappa shape index (κ2) is 11.8. The molecule has 9 heteroatoms. The molecule has 6 rings (SSSR count). The van der Waals surface area contributed by atoms with Crippen LogP contribution >= 0.6 is 0 Å². The number of nitrogens with zero attached hydrogens (tertiary/aromatic N) is 3. The van der Waals surface area contributed by atoms with Gasteiger partial charge in [0.1, 0.15) is 17.4 Å². The van der Waals surface area contributed by atoms with Crippen LogP contribution in [0.5, 0.6) is 5.75 Å². The summed E-state index contributed by atoms with van der Waals surface area (Å²) in [6.45, 7) is 2.24. The Bertz CT molecular complexity index is 1880. The van der Waals surface area contributed by atoms with Crippen LogP contribution in [0.4, 0.5) is 0 Å². The molecule has 0 aliphatic rings. The fraction of sp³-hybridized carbons (Fsp3) is 0.265. The number of nitrogens with two attached hydrogens (primary N) is 2. The number of nitrogens with one attached hydrogen (secondary N) is 2. The molecular weight excluding hydrogens is 538 g/mol. The number of carbonyl (C=O) groups excluding carboxylic acids is 1. The molecule has 0 saturated heterocycles. The summed E-state index contributed by atoms with van der Waals surface area (Å²) in [5, 5.41) is 11.8. The Hall–Kier alpha value is -4.89. The Labute approximate surface area is 250 Å². The van der Waals surface area contributed by atoms with Gasteiger partial charge in [0.2, 0.25) is 5.91 Å². The first-order valence-corrected chi connectivity index (χ1v) is 14.6. The molecule has 43 heavy (non-hydrogen) atoms. The Morgan fingerprint density at radius 2 is 1.60 bits per heavy atom. The maximum Gasteiger partial charge on any atom is 0.237 e. The lowest BCUT2D eigenvalue weighted by Gasteiger charge is -2.27. The quantitative estimate of drug-likeness (QED) is 0.163. The van der Waals surface area contributed by atoms with Crippen molar-refractivity contribution >= 4 is 27.7 Å². The number of hydrogen-bond acceptors (Lipinski definition) is 5. The molecule has 3 heterocycles. The van der Waals surface area contributed by atoms with Crippen molar-refractivity contribution in [3.63, 3.8) is 0 Å². The van der Waals surface area contributed by atoms with Gasteiger partial charge >= 0.3 is 0 Å². The predicted molar refractivity (Wildman–Crippen MR) is 169 cm³/mol. The minimum absolute atomic E-state index is 0.221. The van der Waals surface area contributed by atoms with E-state index in [4.69, 9.17) is 26.4 Å². The lowest BCUT2D eigenvalue weighted by atomic mass is 9.84. The summed E-state index contributed by atoms with van der Waals surface area (Å²) in [7, 11) is 1.67. The van der Waals surface area contributed by atoms with Gasteiger partial charge in [-0.05, 0) is 67.1 Å². The Morgan fingerprint density at radius 1 is 0.930 bits per heavy atom. The highest BCUT2D eigenvalue weighted by atomic mass is 16.5. The molecule has 0 radical (unpaired) electrons. The SMILES string of the molecule is COc1cccc(Cn2c(CCc3c[nH]c4ccccc34)nnc2C(Cc2c[nH]c3ccccc23)CC(C)(N)C(N)=O)c1. The smallest absolute Gasteiger partial charge is 0.237 e. The Morgan fingerprint density at radius 3 is 2.30 bits per heavy atom. The molecule has 0 fully saturated rings. The lowest BCUT2D eigenvalue weighted by Crippen LogP contribution is -2.50. The van der Waals surface area contributed by atoms with Crippen LogP contribution in [0.25, 0.3) is 21.8 Å². The molecule has 3 aromatic carbocycles. The summed E-state index contributed by atoms with van der Waals surface area (Å²) in [6, 6.07) is 24.5. The molecule has 2 atom stereocenters. The van der Waals surface area contributed by atoms with Crippen LogP contribution in [-0.4, -0.2) is 43.3 Å². The second-order valence-electron chi connectivity index (χ2n) is 11.5. The van der Waals surface area contributed by atoms with E-state index in [1.165, 1.54) is 10.9 Å². The minimum atomic E-state index is -1.23. The third kappa shape index (κ3) is 5.89. The molecule has 3 aromatic heterocycles. The van der Waals surface area contributed by atoms with Gasteiger partial charge in [0.25, 0.3) is 0 Å². The van der Waals surface area contributed by atoms with Crippen molar-refractivity contribution in [2.24, 2.45) is 11.5 Å². The first-order valence-electron chi connectivity index (χ1n) is 14.6. The van der Waals surface area contributed by atoms with Gasteiger partial charge < -0.3 is 30.7 Å². The number of methoxy groups -OCH3 is 1. The number of hydrogen-bond donors (Lipinski definition) is 4. The number of primary amides is 1. The third-order valence-corrected chi connectivity index (χ3v) is 8.36. The van der Waals surface area contributed by atoms with Crippen LogP contribution < -0.4 is 16.2 Å². The van der Waals surface area contributed by atoms with E-state index >= 15 is 0 Å². The number of aryl methyl sites for hydroxylation is 2. The van der Waals surface area contributed by atoms with E-state index in [2.05, 4.69) is 57.1 Å². The number of aromatic amines is 2. The van der Waals surface area contributed by atoms with Crippen molar-refractivity contribution in [2.75, 3.05) is 7.11 Å². The van der Waals surface area contributed by atoms with Crippen molar-refractivity contribution in [1.29, 1.82) is 0 Å². The number of amides is 1. The summed E-state index contributed by atoms with van der Waals surface area (Å²) in [5.74, 6) is 1.66. The van der Waals surface area contributed by atoms with Crippen molar-refractivity contribution < 1.29 is 9.53 Å². The monoisotopic (exact) mass is 575 g/mol. The Kier molecular flexibility index (Phi) is 7.73. The van der Waals surface area contributed by atoms with E-state index in [9.17, 15) is 4.79 Å². The number of H-pyrrole nitrogens is 2. The van der Waals surface area contributed by atoms with Gasteiger partial charge in [-0.1, -0.05) is 48.5 Å². The van der Waals surface area contributed by atoms with Crippen molar-refractivity contribution in [1.82, 2.24) is 24.7 Å². The maximum absolute atomic E-state index is 12.4. The molecule has 0 saturated carbocycles. The molecule has 0 spiro atoms. The van der Waals surface area contributed by atoms with Crippen molar-refractivity contribution in [2.45, 2.75) is 50.6 Å². The molecule has 6 N–H and O–H groups in total. The average molecular weight is 576 g/mol. The van der Waals surface area contributed by atoms with Crippen LogP contribution in [0.3, 0.4) is 0 Å². The van der Waals surface area contributed by atoms with E-state index in [-0.39, 0.29) is 5.92 Å². The number of benzene rings is 3. The van der Waals surface area contributed by atoms with E-state index in [0.717, 1.165) is 51.4 Å². The van der Waals surface area contributed by atoms with Gasteiger partial charge in [0.05, 0.1) is 19.2 Å². The van der Waals surface area contributed by atoms with E-state index in [1.54, 1.807) is 14.0 Å². The van der Waals surface area contributed by atoms with E-state index in [1.807, 2.05) is 42.6 Å². The fourth-order valence-corrected chi connectivity index (χ4v) is 5.98. The maximum atomic E-state index is 12.4. The number of carbonyl (C=O) groups is 1. The van der Waals surface area contributed by atoms with Crippen molar-refractivity contribution in [3.8, 4) is 5.75 Å². The topological polar surface area (TPSA) is 141 Å². The summed E-state index contributed by atoms with van der Waals surface area (Å²) < 4.78 is 7.69. The van der Waals surface area contributed by atoms with Gasteiger partial charge in [-0.25, -0.2) is 0 Å². The molecule has 1 amide bonds. The van der Waals surface area contributed by atoms with Gasteiger partial charge in [-0.2, -0.15) is 0 Å². The molecule has 0 aliphatic carbocycles. The molecule has 220 valence electrons. The third-order valence-electron chi connectivity index (χ3n) is 8.36. The molecule has 9 nitrogen and oxygen atoms in total. The summed E-state index contributed by atoms with van der Waals surface area (Å²) in [5.41, 5.74) is 16.6. The van der Waals surface area contributed by atoms with Crippen LogP contribution in [0.15, 0.2) is 85.2 Å². The minimum Gasteiger partial charge on any atom is -0.497 e. The predicted octanol–water partition coefficient (Wildman–Crippen LogP) is 5.00. The number of aromatic nitrogens is 5. The summed E-state index contributed by atoms with van der Waals surface area (Å²) in [4.78, 5) is 19.2. The number of para-hydroxylation sites is 2. The Balaban J connectivity index is 1.40. The van der Waals surface area contributed by atoms with E-state index in [0.29, 0.717) is 25.8 Å². The molecule has 2 unspecified atom stereocenters. The van der Waals surface area contributed by atoms with Crippen LogP contribution in [0.1, 0.15) is 47.6 Å². The van der Waals surface area contributed by atoms with Crippen LogP contribution in [0.2, 0.25) is 0 Å². The average Bonchev–Trinajstić information content (AvgIpc) is 3.73. The largest absolute Gasteiger partial charge is 0.497 e. The normalized spacial score (nSPS) is 13.7. The molecule has 0 bridgehead atoms. The fourth-order valence-electron chi connectivity index (χ4n) is 5.98. The number of fused-ring (bicyclic) bond motifs is 2. The van der Waals surface area contributed by atoms with Gasteiger partial charge in [0, 0.05) is 46.5 Å². The van der Waals surface area contributed by atoms with Crippen molar-refractivity contribution in [3.05, 3.63) is 114 Å². The zero-order valence-corrected chi connectivity index (χ0v) is 24.5. The van der Waals surface area contributed by atoms with Gasteiger partial charge in [0.15, 0.2) is 0 Å². The van der Waals surface area contributed by atoms with Crippen LogP contribution in [-0.2, 0) is 30.6 Å².